The zero-order chi connectivity index (χ0) is 27.0. The number of aliphatic carboxylic acids is 2. The third-order valence-electron chi connectivity index (χ3n) is 5.48. The normalized spacial score (nSPS) is 24.1. The van der Waals surface area contributed by atoms with Gasteiger partial charge in [0.2, 0.25) is 0 Å². The zero-order valence-corrected chi connectivity index (χ0v) is 21.6. The Morgan fingerprint density at radius 2 is 1.92 bits per heavy atom. The molecule has 1 fully saturated rings. The van der Waals surface area contributed by atoms with Gasteiger partial charge in [-0.2, -0.15) is 11.8 Å². The zero-order valence-electron chi connectivity index (χ0n) is 20.0. The molecule has 0 amide bonds. The first-order valence-corrected chi connectivity index (χ1v) is 14.3. The van der Waals surface area contributed by atoms with Crippen molar-refractivity contribution in [2.75, 3.05) is 35.5 Å². The molecule has 0 aliphatic carbocycles. The van der Waals surface area contributed by atoms with Crippen molar-refractivity contribution in [1.29, 1.82) is 0 Å². The van der Waals surface area contributed by atoms with Crippen LogP contribution < -0.4 is 22.3 Å². The fourth-order valence-corrected chi connectivity index (χ4v) is 5.48. The van der Waals surface area contributed by atoms with Crippen LogP contribution in [0.3, 0.4) is 0 Å². The number of anilines is 1. The van der Waals surface area contributed by atoms with E-state index in [1.54, 1.807) is 11.8 Å². The Labute approximate surface area is 215 Å². The highest BCUT2D eigenvalue weighted by Crippen LogP contribution is 2.32. The highest BCUT2D eigenvalue weighted by atomic mass is 32.2. The number of carboxylic acids is 2. The number of carbonyl (C=O) groups excluding carboxylic acids is 1. The van der Waals surface area contributed by atoms with Crippen LogP contribution in [-0.4, -0.2) is 107 Å². The summed E-state index contributed by atoms with van der Waals surface area (Å²) in [6.07, 6.45) is 3.64. The van der Waals surface area contributed by atoms with Gasteiger partial charge in [0.15, 0.2) is 17.7 Å². The fraction of sp³-hybridized carbons (Fsp3) is 0.650. The Bertz CT molecular complexity index is 1010. The molecule has 3 unspecified atom stereocenters. The maximum absolute atomic E-state index is 10.7. The average Bonchev–Trinajstić information content (AvgIpc) is 3.38. The topological polar surface area (TPSA) is 249 Å². The molecule has 16 heteroatoms. The van der Waals surface area contributed by atoms with E-state index in [1.165, 1.54) is 17.2 Å². The Morgan fingerprint density at radius 3 is 2.53 bits per heavy atom. The number of aliphatic hydroxyl groups excluding tert-OH is 2. The smallest absolute Gasteiger partial charge is 0.320 e. The van der Waals surface area contributed by atoms with E-state index in [9.17, 15) is 24.9 Å². The van der Waals surface area contributed by atoms with Crippen molar-refractivity contribution < 1.29 is 34.8 Å². The second-order valence-corrected chi connectivity index (χ2v) is 11.5. The molecule has 1 aliphatic heterocycles. The van der Waals surface area contributed by atoms with Crippen LogP contribution in [0.25, 0.3) is 11.2 Å². The number of carbonyl (C=O) groups is 2. The van der Waals surface area contributed by atoms with Gasteiger partial charge in [-0.1, -0.05) is 0 Å². The van der Waals surface area contributed by atoms with Crippen LogP contribution in [0.15, 0.2) is 12.7 Å². The lowest BCUT2D eigenvalue weighted by Gasteiger charge is -2.16. The maximum atomic E-state index is 10.7. The minimum atomic E-state index is -1.28. The fourth-order valence-electron chi connectivity index (χ4n) is 3.33. The van der Waals surface area contributed by atoms with Crippen LogP contribution in [0.2, 0.25) is 0 Å². The molecule has 202 valence electrons. The number of hydrogen-bond donors (Lipinski definition) is 6. The highest BCUT2D eigenvalue weighted by molar-refractivity contribution is 7.98. The predicted molar refractivity (Wildman–Crippen MR) is 135 cm³/mol. The summed E-state index contributed by atoms with van der Waals surface area (Å²) < 4.78 is 7.39. The number of aromatic nitrogens is 4. The lowest BCUT2D eigenvalue weighted by molar-refractivity contribution is -0.307. The minimum absolute atomic E-state index is 0.211. The summed E-state index contributed by atoms with van der Waals surface area (Å²) in [5.41, 5.74) is 17.2. The van der Waals surface area contributed by atoms with Crippen LogP contribution in [0.1, 0.15) is 19.1 Å². The summed E-state index contributed by atoms with van der Waals surface area (Å²) in [5.74, 6) is -0.161. The highest BCUT2D eigenvalue weighted by Gasteiger charge is 2.46. The summed E-state index contributed by atoms with van der Waals surface area (Å²) in [6.45, 7) is 0. The van der Waals surface area contributed by atoms with Gasteiger partial charge in [0.1, 0.15) is 47.7 Å². The van der Waals surface area contributed by atoms with Gasteiger partial charge in [0, 0.05) is 12.5 Å². The van der Waals surface area contributed by atoms with Crippen molar-refractivity contribution in [3.05, 3.63) is 12.7 Å². The van der Waals surface area contributed by atoms with Crippen molar-refractivity contribution >= 4 is 51.6 Å². The third kappa shape index (κ3) is 7.89. The van der Waals surface area contributed by atoms with Gasteiger partial charge in [-0.25, -0.2) is 15.0 Å². The number of hydrogen-bond acceptors (Lipinski definition) is 13. The molecule has 14 nitrogen and oxygen atoms in total. The first-order valence-electron chi connectivity index (χ1n) is 10.9. The number of imidazole rings is 1. The molecule has 1 saturated heterocycles. The summed E-state index contributed by atoms with van der Waals surface area (Å²) in [5, 5.41) is 39.8. The molecule has 3 heterocycles. The van der Waals surface area contributed by atoms with E-state index < -0.39 is 48.6 Å². The lowest BCUT2D eigenvalue weighted by Crippen LogP contribution is -2.43. The van der Waals surface area contributed by atoms with E-state index in [0.717, 1.165) is 5.75 Å². The van der Waals surface area contributed by atoms with Gasteiger partial charge in [-0.3, -0.25) is 9.36 Å². The van der Waals surface area contributed by atoms with Crippen LogP contribution in [-0.2, 0) is 25.2 Å². The van der Waals surface area contributed by atoms with Crippen LogP contribution in [0.5, 0.6) is 0 Å². The molecule has 2 aromatic rings. The number of aliphatic hydroxyl groups is 2. The number of carboxylic acid groups (broad SMARTS) is 2. The van der Waals surface area contributed by atoms with E-state index in [0.29, 0.717) is 29.1 Å². The van der Waals surface area contributed by atoms with E-state index in [2.05, 4.69) is 15.0 Å². The van der Waals surface area contributed by atoms with Gasteiger partial charge in [-0.05, 0) is 29.3 Å². The lowest BCUT2D eigenvalue weighted by atomic mass is 10.1. The van der Waals surface area contributed by atoms with Gasteiger partial charge < -0.3 is 47.2 Å². The number of fused-ring (bicyclic) bond motifs is 1. The first-order chi connectivity index (χ1) is 17.0. The molecule has 1 aliphatic rings. The first kappa shape index (κ1) is 30.0. The minimum Gasteiger partial charge on any atom is -0.548 e. The van der Waals surface area contributed by atoms with Gasteiger partial charge in [0.05, 0.1) is 18.6 Å². The molecule has 0 bridgehead atoms. The van der Waals surface area contributed by atoms with Gasteiger partial charge in [-0.15, -0.1) is 0 Å². The molecule has 3 rings (SSSR count). The molecule has 7 atom stereocenters. The van der Waals surface area contributed by atoms with Crippen LogP contribution >= 0.6 is 11.8 Å². The Balaban J connectivity index is 0.000000434. The van der Waals surface area contributed by atoms with E-state index in [-0.39, 0.29) is 23.1 Å². The molecular weight excluding hydrogens is 514 g/mol. The molecule has 9 N–H and O–H groups in total. The van der Waals surface area contributed by atoms with Crippen molar-refractivity contribution in [2.45, 2.75) is 49.5 Å². The second kappa shape index (κ2) is 13.9. The maximum Gasteiger partial charge on any atom is 0.320 e. The summed E-state index contributed by atoms with van der Waals surface area (Å²) >= 11 is 1.60. The van der Waals surface area contributed by atoms with Crippen LogP contribution in [0.4, 0.5) is 5.82 Å². The number of nitrogens with zero attached hydrogens (tertiary/aromatic N) is 4. The van der Waals surface area contributed by atoms with Crippen LogP contribution in [0, 0.1) is 0 Å². The Kier molecular flexibility index (Phi) is 11.6. The monoisotopic (exact) mass is 547 g/mol. The van der Waals surface area contributed by atoms with Gasteiger partial charge in [0.25, 0.3) is 0 Å². The van der Waals surface area contributed by atoms with Crippen molar-refractivity contribution in [2.24, 2.45) is 11.5 Å². The number of ether oxygens (including phenoxy) is 1. The molecule has 0 saturated carbocycles. The van der Waals surface area contributed by atoms with Crippen molar-refractivity contribution in [3.8, 4) is 0 Å². The number of rotatable bonds is 11. The predicted octanol–water partition coefficient (Wildman–Crippen LogP) is -3.11. The van der Waals surface area contributed by atoms with E-state index in [1.807, 2.05) is 12.5 Å². The molecule has 36 heavy (non-hydrogen) atoms. The van der Waals surface area contributed by atoms with Gasteiger partial charge >= 0.3 is 5.97 Å². The average molecular weight is 548 g/mol. The van der Waals surface area contributed by atoms with Crippen molar-refractivity contribution in [3.63, 3.8) is 0 Å². The van der Waals surface area contributed by atoms with E-state index in [4.69, 9.17) is 27.0 Å². The Morgan fingerprint density at radius 1 is 1.22 bits per heavy atom. The van der Waals surface area contributed by atoms with Crippen molar-refractivity contribution in [1.82, 2.24) is 19.5 Å². The standard InChI is InChI=1S/C15H22N6O5S.C5H11NO2S/c1-27(3-2-7(16)15(24)25)4-8-10(22)11(23)14(26-8)21-6-20-9-12(17)18-5-19-13(9)21;1-9-3-2-4(6)5(7)8/h5-8,10-11,14,22-23H,2-4,16H2,1H3,(H2-,17,18,19,24,25);4H,2-3,6H2,1H3,(H,7,8)/t7?,8-,10-,11-,14-,27?;/m1./s1. The third-order valence-corrected chi connectivity index (χ3v) is 7.95. The molecule has 0 radical (unpaired) electrons. The van der Waals surface area contributed by atoms with E-state index >= 15 is 0 Å². The SMILES string of the molecule is CSCCC(N)C(=O)O.C[S+](CCC(N)C(=O)[O-])C[C@H]1O[C@@H](n2cnc3c(N)ncnc32)[C@H](O)[C@@H]1O. The Hall–Kier alpha value is -2.21. The summed E-state index contributed by atoms with van der Waals surface area (Å²) in [6, 6.07) is -1.70. The molecule has 0 aromatic carbocycles. The second-order valence-electron chi connectivity index (χ2n) is 8.22. The number of nitrogen functional groups attached to an aromatic ring is 1. The number of thioether (sulfide) groups is 1. The largest absolute Gasteiger partial charge is 0.548 e. The molecule has 2 aromatic heterocycles. The summed E-state index contributed by atoms with van der Waals surface area (Å²) in [4.78, 5) is 32.9. The quantitative estimate of drug-likeness (QED) is 0.152. The molecular formula is C20H33N7O7S2. The molecule has 0 spiro atoms. The summed E-state index contributed by atoms with van der Waals surface area (Å²) in [7, 11) is -0.263. The number of nitrogens with two attached hydrogens (primary N) is 3.